The topological polar surface area (TPSA) is 75.4 Å². The number of rotatable bonds is 6. The fourth-order valence-corrected chi connectivity index (χ4v) is 2.84. The third-order valence-electron chi connectivity index (χ3n) is 4.28. The molecule has 2 fully saturated rings. The molecule has 4 heteroatoms. The summed E-state index contributed by atoms with van der Waals surface area (Å²) in [4.78, 5) is 11.0. The lowest BCUT2D eigenvalue weighted by Crippen LogP contribution is -2.19. The first-order chi connectivity index (χ1) is 9.15. The molecule has 0 atom stereocenters. The molecule has 0 heterocycles. The summed E-state index contributed by atoms with van der Waals surface area (Å²) in [6, 6.07) is 4.84. The van der Waals surface area contributed by atoms with E-state index < -0.39 is 5.97 Å². The molecular formula is C15H20N2O2. The van der Waals surface area contributed by atoms with E-state index in [4.69, 9.17) is 10.8 Å². The van der Waals surface area contributed by atoms with Gasteiger partial charge in [0.25, 0.3) is 0 Å². The summed E-state index contributed by atoms with van der Waals surface area (Å²) >= 11 is 0. The number of anilines is 2. The van der Waals surface area contributed by atoms with Gasteiger partial charge in [-0.1, -0.05) is 0 Å². The van der Waals surface area contributed by atoms with Crippen LogP contribution in [0.1, 0.15) is 36.0 Å². The Morgan fingerprint density at radius 2 is 1.95 bits per heavy atom. The SMILES string of the molecule is Nc1ccc(C(=O)O)cc1NCC(C1CC1)C1CC1. The lowest BCUT2D eigenvalue weighted by Gasteiger charge is -2.18. The maximum atomic E-state index is 11.0. The number of nitrogens with two attached hydrogens (primary N) is 1. The molecule has 0 radical (unpaired) electrons. The van der Waals surface area contributed by atoms with Gasteiger partial charge in [-0.05, 0) is 61.6 Å². The molecule has 0 aromatic heterocycles. The molecule has 3 rings (SSSR count). The van der Waals surface area contributed by atoms with Gasteiger partial charge in [0, 0.05) is 6.54 Å². The van der Waals surface area contributed by atoms with Gasteiger partial charge in [0.1, 0.15) is 0 Å². The van der Waals surface area contributed by atoms with E-state index in [-0.39, 0.29) is 5.56 Å². The van der Waals surface area contributed by atoms with Gasteiger partial charge in [-0.3, -0.25) is 0 Å². The van der Waals surface area contributed by atoms with Gasteiger partial charge in [-0.25, -0.2) is 4.79 Å². The van der Waals surface area contributed by atoms with Crippen molar-refractivity contribution in [1.29, 1.82) is 0 Å². The molecule has 2 aliphatic rings. The molecule has 2 saturated carbocycles. The number of hydrogen-bond acceptors (Lipinski definition) is 3. The smallest absolute Gasteiger partial charge is 0.335 e. The van der Waals surface area contributed by atoms with Gasteiger partial charge in [0.05, 0.1) is 16.9 Å². The zero-order chi connectivity index (χ0) is 13.4. The van der Waals surface area contributed by atoms with Crippen LogP contribution in [0.5, 0.6) is 0 Å². The van der Waals surface area contributed by atoms with Crippen LogP contribution < -0.4 is 11.1 Å². The summed E-state index contributed by atoms with van der Waals surface area (Å²) in [7, 11) is 0. The summed E-state index contributed by atoms with van der Waals surface area (Å²) in [5.41, 5.74) is 7.56. The predicted molar refractivity (Wildman–Crippen MR) is 75.2 cm³/mol. The average molecular weight is 260 g/mol. The molecule has 0 unspecified atom stereocenters. The first kappa shape index (κ1) is 12.3. The Morgan fingerprint density at radius 3 is 2.47 bits per heavy atom. The van der Waals surface area contributed by atoms with Gasteiger partial charge in [-0.2, -0.15) is 0 Å². The number of nitrogen functional groups attached to an aromatic ring is 1. The minimum atomic E-state index is -0.913. The van der Waals surface area contributed by atoms with Crippen LogP contribution in [0.3, 0.4) is 0 Å². The third kappa shape index (κ3) is 2.83. The maximum Gasteiger partial charge on any atom is 0.335 e. The highest BCUT2D eigenvalue weighted by atomic mass is 16.4. The number of nitrogens with one attached hydrogen (secondary N) is 1. The van der Waals surface area contributed by atoms with Crippen LogP contribution >= 0.6 is 0 Å². The van der Waals surface area contributed by atoms with Gasteiger partial charge in [0.15, 0.2) is 0 Å². The van der Waals surface area contributed by atoms with Crippen molar-refractivity contribution >= 4 is 17.3 Å². The molecule has 19 heavy (non-hydrogen) atoms. The number of carboxylic acid groups (broad SMARTS) is 1. The molecule has 0 bridgehead atoms. The van der Waals surface area contributed by atoms with E-state index in [1.165, 1.54) is 25.7 Å². The Kier molecular flexibility index (Phi) is 3.09. The Hall–Kier alpha value is -1.71. The van der Waals surface area contributed by atoms with E-state index >= 15 is 0 Å². The van der Waals surface area contributed by atoms with Gasteiger partial charge < -0.3 is 16.2 Å². The average Bonchev–Trinajstić information content (AvgIpc) is 3.25. The molecule has 1 aromatic rings. The predicted octanol–water partition coefficient (Wildman–Crippen LogP) is 2.82. The van der Waals surface area contributed by atoms with E-state index in [1.54, 1.807) is 18.2 Å². The molecule has 0 amide bonds. The van der Waals surface area contributed by atoms with Crippen molar-refractivity contribution in [2.45, 2.75) is 25.7 Å². The summed E-state index contributed by atoms with van der Waals surface area (Å²) in [6.07, 6.45) is 5.42. The van der Waals surface area contributed by atoms with Crippen molar-refractivity contribution in [3.8, 4) is 0 Å². The highest BCUT2D eigenvalue weighted by Gasteiger charge is 2.41. The Morgan fingerprint density at radius 1 is 1.32 bits per heavy atom. The Bertz CT molecular complexity index is 481. The standard InChI is InChI=1S/C15H20N2O2/c16-13-6-5-11(15(18)19)7-14(13)17-8-12(9-1-2-9)10-3-4-10/h5-7,9-10,12,17H,1-4,8,16H2,(H,18,19). The first-order valence-corrected chi connectivity index (χ1v) is 7.02. The maximum absolute atomic E-state index is 11.0. The van der Waals surface area contributed by atoms with Crippen LogP contribution in [0, 0.1) is 17.8 Å². The molecule has 0 saturated heterocycles. The number of carboxylic acids is 1. The largest absolute Gasteiger partial charge is 0.478 e. The van der Waals surface area contributed by atoms with E-state index in [1.807, 2.05) is 0 Å². The van der Waals surface area contributed by atoms with Crippen molar-refractivity contribution in [3.63, 3.8) is 0 Å². The summed E-state index contributed by atoms with van der Waals surface area (Å²) < 4.78 is 0. The summed E-state index contributed by atoms with van der Waals surface area (Å²) in [5, 5.41) is 12.4. The fourth-order valence-electron chi connectivity index (χ4n) is 2.84. The van der Waals surface area contributed by atoms with Crippen LogP contribution in [0.15, 0.2) is 18.2 Å². The monoisotopic (exact) mass is 260 g/mol. The van der Waals surface area contributed by atoms with Crippen molar-refractivity contribution in [1.82, 2.24) is 0 Å². The zero-order valence-electron chi connectivity index (χ0n) is 10.9. The van der Waals surface area contributed by atoms with Crippen molar-refractivity contribution in [2.24, 2.45) is 17.8 Å². The number of aromatic carboxylic acids is 1. The van der Waals surface area contributed by atoms with Crippen LogP contribution in [-0.4, -0.2) is 17.6 Å². The molecule has 102 valence electrons. The number of benzene rings is 1. The molecule has 4 N–H and O–H groups in total. The van der Waals surface area contributed by atoms with E-state index in [0.717, 1.165) is 30.0 Å². The van der Waals surface area contributed by atoms with E-state index in [0.29, 0.717) is 5.69 Å². The van der Waals surface area contributed by atoms with Crippen molar-refractivity contribution < 1.29 is 9.90 Å². The molecule has 2 aliphatic carbocycles. The lowest BCUT2D eigenvalue weighted by molar-refractivity contribution is 0.0697. The zero-order valence-corrected chi connectivity index (χ0v) is 10.9. The van der Waals surface area contributed by atoms with Crippen LogP contribution in [-0.2, 0) is 0 Å². The third-order valence-corrected chi connectivity index (χ3v) is 4.28. The normalized spacial score (nSPS) is 18.6. The second-order valence-electron chi connectivity index (χ2n) is 5.83. The van der Waals surface area contributed by atoms with Crippen molar-refractivity contribution in [3.05, 3.63) is 23.8 Å². The Labute approximate surface area is 113 Å². The van der Waals surface area contributed by atoms with Gasteiger partial charge in [-0.15, -0.1) is 0 Å². The van der Waals surface area contributed by atoms with Gasteiger partial charge >= 0.3 is 5.97 Å². The number of carbonyl (C=O) groups is 1. The number of hydrogen-bond donors (Lipinski definition) is 3. The minimum absolute atomic E-state index is 0.283. The fraction of sp³-hybridized carbons (Fsp3) is 0.533. The van der Waals surface area contributed by atoms with E-state index in [9.17, 15) is 4.79 Å². The minimum Gasteiger partial charge on any atom is -0.478 e. The van der Waals surface area contributed by atoms with E-state index in [2.05, 4.69) is 5.32 Å². The highest BCUT2D eigenvalue weighted by molar-refractivity contribution is 5.90. The Balaban J connectivity index is 1.68. The quantitative estimate of drug-likeness (QED) is 0.687. The molecule has 0 aliphatic heterocycles. The summed E-state index contributed by atoms with van der Waals surface area (Å²) in [5.74, 6) is 1.59. The molecule has 0 spiro atoms. The van der Waals surface area contributed by atoms with Crippen LogP contribution in [0.4, 0.5) is 11.4 Å². The summed E-state index contributed by atoms with van der Waals surface area (Å²) in [6.45, 7) is 0.919. The van der Waals surface area contributed by atoms with Crippen LogP contribution in [0.2, 0.25) is 0 Å². The lowest BCUT2D eigenvalue weighted by atomic mass is 9.98. The van der Waals surface area contributed by atoms with Crippen molar-refractivity contribution in [2.75, 3.05) is 17.6 Å². The second-order valence-corrected chi connectivity index (χ2v) is 5.83. The second kappa shape index (κ2) is 4.76. The highest BCUT2D eigenvalue weighted by Crippen LogP contribution is 2.49. The molecule has 1 aromatic carbocycles. The first-order valence-electron chi connectivity index (χ1n) is 7.02. The molecule has 4 nitrogen and oxygen atoms in total. The van der Waals surface area contributed by atoms with Gasteiger partial charge in [0.2, 0.25) is 0 Å². The van der Waals surface area contributed by atoms with Crippen LogP contribution in [0.25, 0.3) is 0 Å². The molecular weight excluding hydrogens is 240 g/mol.